The standard InChI is InChI=1S/C22H22F3N3O2/c1-2-15-3-5-16(6-4-15)21(30)27-9-10-28(19(13-27)14-29)18-8-7-17(12-26)20(11-18)22(23,24)25/h3-8,11,19,29H,2,9-10,13-14H2,1H3. The minimum Gasteiger partial charge on any atom is -0.394 e. The van der Waals surface area contributed by atoms with Crippen LogP contribution in [0.1, 0.15) is 34.0 Å². The minimum absolute atomic E-state index is 0.174. The molecule has 0 aliphatic carbocycles. The molecule has 1 atom stereocenters. The van der Waals surface area contributed by atoms with E-state index in [-0.39, 0.29) is 31.3 Å². The van der Waals surface area contributed by atoms with Gasteiger partial charge in [-0.2, -0.15) is 18.4 Å². The van der Waals surface area contributed by atoms with Gasteiger partial charge < -0.3 is 14.9 Å². The summed E-state index contributed by atoms with van der Waals surface area (Å²) < 4.78 is 39.9. The quantitative estimate of drug-likeness (QED) is 0.827. The lowest BCUT2D eigenvalue weighted by atomic mass is 10.0. The smallest absolute Gasteiger partial charge is 0.394 e. The number of piperazine rings is 1. The normalized spacial score (nSPS) is 17.0. The average molecular weight is 417 g/mol. The number of amides is 1. The maximum atomic E-state index is 13.3. The van der Waals surface area contributed by atoms with E-state index in [0.717, 1.165) is 24.1 Å². The van der Waals surface area contributed by atoms with Crippen LogP contribution in [0.2, 0.25) is 0 Å². The van der Waals surface area contributed by atoms with Crippen molar-refractivity contribution in [3.63, 3.8) is 0 Å². The van der Waals surface area contributed by atoms with Crippen molar-refractivity contribution in [2.24, 2.45) is 0 Å². The van der Waals surface area contributed by atoms with Crippen LogP contribution in [0.4, 0.5) is 18.9 Å². The molecule has 5 nitrogen and oxygen atoms in total. The number of rotatable bonds is 4. The number of aliphatic hydroxyl groups is 1. The summed E-state index contributed by atoms with van der Waals surface area (Å²) in [5.41, 5.74) is 0.464. The van der Waals surface area contributed by atoms with Gasteiger partial charge in [0.15, 0.2) is 0 Å². The fourth-order valence-electron chi connectivity index (χ4n) is 3.64. The zero-order valence-electron chi connectivity index (χ0n) is 16.5. The van der Waals surface area contributed by atoms with Crippen LogP contribution in [0.3, 0.4) is 0 Å². The molecule has 1 amide bonds. The molecule has 1 N–H and O–H groups in total. The van der Waals surface area contributed by atoms with Crippen LogP contribution in [0.5, 0.6) is 0 Å². The summed E-state index contributed by atoms with van der Waals surface area (Å²) in [5.74, 6) is -0.174. The van der Waals surface area contributed by atoms with Crippen molar-refractivity contribution >= 4 is 11.6 Å². The third kappa shape index (κ3) is 4.41. The van der Waals surface area contributed by atoms with E-state index in [4.69, 9.17) is 5.26 Å². The summed E-state index contributed by atoms with van der Waals surface area (Å²) >= 11 is 0. The molecule has 2 aromatic rings. The highest BCUT2D eigenvalue weighted by Gasteiger charge is 2.36. The fourth-order valence-corrected chi connectivity index (χ4v) is 3.64. The first-order valence-corrected chi connectivity index (χ1v) is 9.65. The molecule has 0 spiro atoms. The fraction of sp³-hybridized carbons (Fsp3) is 0.364. The van der Waals surface area contributed by atoms with E-state index in [1.807, 2.05) is 19.1 Å². The molecule has 1 fully saturated rings. The second-order valence-electron chi connectivity index (χ2n) is 7.17. The number of alkyl halides is 3. The number of aryl methyl sites for hydroxylation is 1. The Balaban J connectivity index is 1.81. The van der Waals surface area contributed by atoms with Gasteiger partial charge in [-0.15, -0.1) is 0 Å². The summed E-state index contributed by atoms with van der Waals surface area (Å²) in [6.07, 6.45) is -3.79. The van der Waals surface area contributed by atoms with Crippen LogP contribution < -0.4 is 4.90 Å². The number of hydrogen-bond acceptors (Lipinski definition) is 4. The molecule has 1 saturated heterocycles. The van der Waals surface area contributed by atoms with E-state index in [1.54, 1.807) is 28.0 Å². The van der Waals surface area contributed by atoms with Crippen molar-refractivity contribution in [1.29, 1.82) is 5.26 Å². The molecule has 1 unspecified atom stereocenters. The van der Waals surface area contributed by atoms with Crippen molar-refractivity contribution in [1.82, 2.24) is 4.90 Å². The predicted molar refractivity (Wildman–Crippen MR) is 106 cm³/mol. The summed E-state index contributed by atoms with van der Waals surface area (Å²) in [4.78, 5) is 16.1. The van der Waals surface area contributed by atoms with Crippen molar-refractivity contribution < 1.29 is 23.1 Å². The van der Waals surface area contributed by atoms with Gasteiger partial charge >= 0.3 is 6.18 Å². The molecular formula is C22H22F3N3O2. The van der Waals surface area contributed by atoms with Crippen molar-refractivity contribution in [2.75, 3.05) is 31.1 Å². The Hall–Kier alpha value is -3.05. The van der Waals surface area contributed by atoms with Gasteiger partial charge in [-0.3, -0.25) is 4.79 Å². The third-order valence-corrected chi connectivity index (χ3v) is 5.35. The van der Waals surface area contributed by atoms with Crippen LogP contribution in [-0.4, -0.2) is 48.2 Å². The number of benzene rings is 2. The van der Waals surface area contributed by atoms with Gasteiger partial charge in [-0.25, -0.2) is 0 Å². The van der Waals surface area contributed by atoms with Gasteiger partial charge in [-0.05, 0) is 42.3 Å². The van der Waals surface area contributed by atoms with Gasteiger partial charge in [0.05, 0.1) is 29.8 Å². The molecule has 0 radical (unpaired) electrons. The highest BCUT2D eigenvalue weighted by molar-refractivity contribution is 5.94. The molecule has 1 aliphatic heterocycles. The Labute approximate surface area is 172 Å². The van der Waals surface area contributed by atoms with E-state index < -0.39 is 23.3 Å². The predicted octanol–water partition coefficient (Wildman–Crippen LogP) is 3.46. The number of nitriles is 1. The average Bonchev–Trinajstić information content (AvgIpc) is 2.77. The SMILES string of the molecule is CCc1ccc(C(=O)N2CCN(c3ccc(C#N)c(C(F)(F)F)c3)C(CO)C2)cc1. The number of nitrogens with zero attached hydrogens (tertiary/aromatic N) is 3. The molecule has 2 aromatic carbocycles. The Kier molecular flexibility index (Phi) is 6.32. The monoisotopic (exact) mass is 417 g/mol. The molecule has 0 aromatic heterocycles. The van der Waals surface area contributed by atoms with Gasteiger partial charge in [0.25, 0.3) is 5.91 Å². The molecule has 1 aliphatic rings. The first-order chi connectivity index (χ1) is 14.3. The van der Waals surface area contributed by atoms with Crippen LogP contribution in [0.15, 0.2) is 42.5 Å². The molecule has 0 saturated carbocycles. The lowest BCUT2D eigenvalue weighted by Crippen LogP contribution is -2.56. The number of aliphatic hydroxyl groups excluding tert-OH is 1. The van der Waals surface area contributed by atoms with Crippen LogP contribution in [0, 0.1) is 11.3 Å². The van der Waals surface area contributed by atoms with E-state index in [1.165, 1.54) is 6.07 Å². The minimum atomic E-state index is -4.65. The highest BCUT2D eigenvalue weighted by atomic mass is 19.4. The number of carbonyl (C=O) groups is 1. The first-order valence-electron chi connectivity index (χ1n) is 9.65. The number of carbonyl (C=O) groups excluding carboxylic acids is 1. The first kappa shape index (κ1) is 21.7. The maximum Gasteiger partial charge on any atom is 0.417 e. The van der Waals surface area contributed by atoms with E-state index in [2.05, 4.69) is 0 Å². The summed E-state index contributed by atoms with van der Waals surface area (Å²) in [5, 5.41) is 18.8. The lowest BCUT2D eigenvalue weighted by Gasteiger charge is -2.42. The van der Waals surface area contributed by atoms with E-state index >= 15 is 0 Å². The molecule has 30 heavy (non-hydrogen) atoms. The summed E-state index contributed by atoms with van der Waals surface area (Å²) in [6, 6.07) is 11.8. The van der Waals surface area contributed by atoms with Crippen molar-refractivity contribution in [3.05, 3.63) is 64.7 Å². The number of halogens is 3. The van der Waals surface area contributed by atoms with Crippen LogP contribution in [-0.2, 0) is 12.6 Å². The Morgan fingerprint density at radius 3 is 2.47 bits per heavy atom. The van der Waals surface area contributed by atoms with Gasteiger partial charge in [0.1, 0.15) is 0 Å². The third-order valence-electron chi connectivity index (χ3n) is 5.35. The number of anilines is 1. The number of hydrogen-bond donors (Lipinski definition) is 1. The summed E-state index contributed by atoms with van der Waals surface area (Å²) in [7, 11) is 0. The zero-order valence-corrected chi connectivity index (χ0v) is 16.5. The molecule has 8 heteroatoms. The largest absolute Gasteiger partial charge is 0.417 e. The topological polar surface area (TPSA) is 67.6 Å². The molecular weight excluding hydrogens is 395 g/mol. The van der Waals surface area contributed by atoms with E-state index in [0.29, 0.717) is 12.1 Å². The Bertz CT molecular complexity index is 952. The molecule has 0 bridgehead atoms. The van der Waals surface area contributed by atoms with Gasteiger partial charge in [0, 0.05) is 30.9 Å². The lowest BCUT2D eigenvalue weighted by molar-refractivity contribution is -0.137. The molecule has 3 rings (SSSR count). The maximum absolute atomic E-state index is 13.3. The van der Waals surface area contributed by atoms with Crippen LogP contribution in [0.25, 0.3) is 0 Å². The van der Waals surface area contributed by atoms with Gasteiger partial charge in [-0.1, -0.05) is 19.1 Å². The summed E-state index contributed by atoms with van der Waals surface area (Å²) in [6.45, 7) is 2.47. The Morgan fingerprint density at radius 2 is 1.90 bits per heavy atom. The zero-order chi connectivity index (χ0) is 21.9. The van der Waals surface area contributed by atoms with E-state index in [9.17, 15) is 23.1 Å². The Morgan fingerprint density at radius 1 is 1.20 bits per heavy atom. The van der Waals surface area contributed by atoms with Crippen LogP contribution >= 0.6 is 0 Å². The van der Waals surface area contributed by atoms with Crippen molar-refractivity contribution in [2.45, 2.75) is 25.6 Å². The molecule has 158 valence electrons. The second kappa shape index (κ2) is 8.76. The van der Waals surface area contributed by atoms with Crippen molar-refractivity contribution in [3.8, 4) is 6.07 Å². The molecule has 1 heterocycles. The highest BCUT2D eigenvalue weighted by Crippen LogP contribution is 2.35. The van der Waals surface area contributed by atoms with Gasteiger partial charge in [0.2, 0.25) is 0 Å². The second-order valence-corrected chi connectivity index (χ2v) is 7.17.